The van der Waals surface area contributed by atoms with Crippen molar-refractivity contribution in [1.29, 1.82) is 0 Å². The van der Waals surface area contributed by atoms with Gasteiger partial charge in [-0.15, -0.1) is 0 Å². The lowest BCUT2D eigenvalue weighted by atomic mass is 10.0. The highest BCUT2D eigenvalue weighted by atomic mass is 32.1. The van der Waals surface area contributed by atoms with Crippen LogP contribution in [0.15, 0.2) is 42.5 Å². The lowest BCUT2D eigenvalue weighted by Gasteiger charge is -2.32. The van der Waals surface area contributed by atoms with E-state index in [2.05, 4.69) is 9.69 Å². The number of nitrogens with one attached hydrogen (secondary N) is 1. The molecule has 0 saturated carbocycles. The monoisotopic (exact) mass is 527 g/mol. The molecule has 37 heavy (non-hydrogen) atoms. The van der Waals surface area contributed by atoms with E-state index < -0.39 is 23.8 Å². The van der Waals surface area contributed by atoms with Crippen molar-refractivity contribution >= 4 is 40.6 Å². The van der Waals surface area contributed by atoms with Gasteiger partial charge in [0.25, 0.3) is 11.8 Å². The van der Waals surface area contributed by atoms with E-state index in [4.69, 9.17) is 25.7 Å². The number of amides is 3. The first-order valence-electron chi connectivity index (χ1n) is 11.2. The highest BCUT2D eigenvalue weighted by Crippen LogP contribution is 2.39. The predicted molar refractivity (Wildman–Crippen MR) is 135 cm³/mol. The van der Waals surface area contributed by atoms with Crippen molar-refractivity contribution in [2.24, 2.45) is 5.73 Å². The molecule has 1 atom stereocenters. The topological polar surface area (TPSA) is 179 Å². The van der Waals surface area contributed by atoms with Crippen molar-refractivity contribution in [3.8, 4) is 17.2 Å². The highest BCUT2D eigenvalue weighted by Gasteiger charge is 2.36. The number of rotatable bonds is 9. The van der Waals surface area contributed by atoms with Crippen LogP contribution in [0.3, 0.4) is 0 Å². The first-order valence-corrected chi connectivity index (χ1v) is 11.9. The number of methoxy groups -OCH3 is 1. The van der Waals surface area contributed by atoms with Crippen molar-refractivity contribution in [1.82, 2.24) is 9.69 Å². The summed E-state index contributed by atoms with van der Waals surface area (Å²) >= 11 is 0.698. The van der Waals surface area contributed by atoms with Crippen LogP contribution >= 0.6 is 11.5 Å². The molecule has 0 saturated heterocycles. The van der Waals surface area contributed by atoms with E-state index in [1.807, 2.05) is 0 Å². The van der Waals surface area contributed by atoms with E-state index in [1.165, 1.54) is 36.3 Å². The van der Waals surface area contributed by atoms with Gasteiger partial charge in [0.2, 0.25) is 5.91 Å². The second kappa shape index (κ2) is 11.1. The van der Waals surface area contributed by atoms with Crippen molar-refractivity contribution < 1.29 is 33.7 Å². The van der Waals surface area contributed by atoms with Crippen LogP contribution in [0.4, 0.5) is 11.4 Å². The number of nitrogen functional groups attached to an aromatic ring is 1. The Labute approximate surface area is 215 Å². The molecule has 0 fully saturated rings. The summed E-state index contributed by atoms with van der Waals surface area (Å²) in [4.78, 5) is 40.5. The van der Waals surface area contributed by atoms with Crippen molar-refractivity contribution in [3.05, 3.63) is 58.6 Å². The molecule has 2 heterocycles. The highest BCUT2D eigenvalue weighted by molar-refractivity contribution is 7.09. The third-order valence-corrected chi connectivity index (χ3v) is 6.35. The van der Waals surface area contributed by atoms with Crippen LogP contribution in [-0.4, -0.2) is 60.7 Å². The van der Waals surface area contributed by atoms with Crippen LogP contribution in [0.1, 0.15) is 31.8 Å². The Morgan fingerprint density at radius 2 is 1.86 bits per heavy atom. The number of phenolic OH excluding ortho intramolecular Hbond substituents is 1. The van der Waals surface area contributed by atoms with Crippen LogP contribution in [-0.2, 0) is 9.53 Å². The first kappa shape index (κ1) is 25.7. The van der Waals surface area contributed by atoms with E-state index in [9.17, 15) is 19.5 Å². The maximum absolute atomic E-state index is 14.0. The molecule has 0 radical (unpaired) electrons. The minimum absolute atomic E-state index is 0.0164. The number of carbonyl (C=O) groups excluding carboxylic acids is 3. The number of hydrogen-bond acceptors (Lipinski definition) is 10. The summed E-state index contributed by atoms with van der Waals surface area (Å²) in [5.74, 6) is -1.24. The third-order valence-electron chi connectivity index (χ3n) is 5.50. The van der Waals surface area contributed by atoms with Gasteiger partial charge in [-0.1, -0.05) is 12.1 Å². The first-order chi connectivity index (χ1) is 17.8. The van der Waals surface area contributed by atoms with E-state index in [1.54, 1.807) is 18.2 Å². The Hall–Kier alpha value is -4.36. The second-order valence-corrected chi connectivity index (χ2v) is 8.69. The van der Waals surface area contributed by atoms with Crippen LogP contribution < -0.4 is 31.2 Å². The van der Waals surface area contributed by atoms with E-state index in [0.29, 0.717) is 47.5 Å². The minimum atomic E-state index is -1.22. The number of nitrogens with two attached hydrogens (primary N) is 2. The fourth-order valence-electron chi connectivity index (χ4n) is 3.75. The molecule has 0 spiro atoms. The zero-order chi connectivity index (χ0) is 26.5. The van der Waals surface area contributed by atoms with Crippen molar-refractivity contribution in [2.75, 3.05) is 44.1 Å². The smallest absolute Gasteiger partial charge is 0.273 e. The molecule has 0 unspecified atom stereocenters. The fourth-order valence-corrected chi connectivity index (χ4v) is 4.49. The Morgan fingerprint density at radius 3 is 2.51 bits per heavy atom. The number of carbonyl (C=O) groups is 3. The molecule has 0 aliphatic carbocycles. The number of benzene rings is 2. The summed E-state index contributed by atoms with van der Waals surface area (Å²) in [6.45, 7) is 1.12. The summed E-state index contributed by atoms with van der Waals surface area (Å²) in [5, 5.41) is 12.6. The summed E-state index contributed by atoms with van der Waals surface area (Å²) in [5.41, 5.74) is 11.7. The maximum atomic E-state index is 14.0. The van der Waals surface area contributed by atoms with E-state index >= 15 is 0 Å². The molecule has 2 aromatic carbocycles. The van der Waals surface area contributed by atoms with E-state index in [-0.39, 0.29) is 35.2 Å². The zero-order valence-electron chi connectivity index (χ0n) is 19.8. The number of primary amides is 1. The fraction of sp³-hybridized carbons (Fsp3) is 0.250. The average molecular weight is 528 g/mol. The van der Waals surface area contributed by atoms with Crippen LogP contribution in [0.2, 0.25) is 0 Å². The molecule has 12 nitrogen and oxygen atoms in total. The lowest BCUT2D eigenvalue weighted by molar-refractivity contribution is -0.122. The largest absolute Gasteiger partial charge is 0.508 e. The van der Waals surface area contributed by atoms with Gasteiger partial charge in [0.1, 0.15) is 29.9 Å². The van der Waals surface area contributed by atoms with E-state index in [0.717, 1.165) is 0 Å². The number of aromatic nitrogens is 1. The number of aromatic hydroxyl groups is 1. The quantitative estimate of drug-likeness (QED) is 0.300. The number of hydrogen-bond donors (Lipinski definition) is 4. The minimum Gasteiger partial charge on any atom is -0.508 e. The number of phenols is 1. The molecule has 4 rings (SSSR count). The van der Waals surface area contributed by atoms with Gasteiger partial charge in [-0.3, -0.25) is 19.3 Å². The van der Waals surface area contributed by atoms with Gasteiger partial charge < -0.3 is 36.1 Å². The van der Waals surface area contributed by atoms with Gasteiger partial charge in [-0.25, -0.2) is 0 Å². The second-order valence-electron chi connectivity index (χ2n) is 7.92. The molecule has 194 valence electrons. The number of anilines is 2. The summed E-state index contributed by atoms with van der Waals surface area (Å²) in [6, 6.07) is 9.46. The molecular weight excluding hydrogens is 502 g/mol. The Morgan fingerprint density at radius 1 is 1.16 bits per heavy atom. The van der Waals surface area contributed by atoms with Gasteiger partial charge in [-0.05, 0) is 41.4 Å². The molecule has 1 aliphatic rings. The summed E-state index contributed by atoms with van der Waals surface area (Å²) in [7, 11) is 1.50. The Bertz CT molecular complexity index is 1310. The normalized spacial score (nSPS) is 13.0. The molecule has 3 aromatic rings. The molecule has 6 N–H and O–H groups in total. The number of fused-ring (bicyclic) bond motifs is 1. The molecule has 1 aliphatic heterocycles. The van der Waals surface area contributed by atoms with Crippen molar-refractivity contribution in [3.63, 3.8) is 0 Å². The van der Waals surface area contributed by atoms with Crippen LogP contribution in [0.5, 0.6) is 17.2 Å². The Kier molecular flexibility index (Phi) is 7.74. The van der Waals surface area contributed by atoms with Gasteiger partial charge in [0.05, 0.1) is 12.3 Å². The molecular formula is C24H25N5O7S. The SMILES string of the molecule is COCCNC(=O)[C@@H](c1ccc(O)cc1)N(C(=O)c1snc(C(N)=O)c1N)c1ccc2c(c1)OCCO2. The van der Waals surface area contributed by atoms with Gasteiger partial charge in [0, 0.05) is 25.4 Å². The summed E-state index contributed by atoms with van der Waals surface area (Å²) < 4.78 is 20.3. The number of nitrogens with zero attached hydrogens (tertiary/aromatic N) is 2. The maximum Gasteiger partial charge on any atom is 0.273 e. The Balaban J connectivity index is 1.87. The van der Waals surface area contributed by atoms with Crippen LogP contribution in [0, 0.1) is 0 Å². The molecule has 1 aromatic heterocycles. The van der Waals surface area contributed by atoms with Gasteiger partial charge in [0.15, 0.2) is 17.2 Å². The average Bonchev–Trinajstić information content (AvgIpc) is 3.29. The molecule has 3 amide bonds. The lowest BCUT2D eigenvalue weighted by Crippen LogP contribution is -2.44. The molecule has 0 bridgehead atoms. The zero-order valence-corrected chi connectivity index (χ0v) is 20.6. The summed E-state index contributed by atoms with van der Waals surface area (Å²) in [6.07, 6.45) is 0. The predicted octanol–water partition coefficient (Wildman–Crippen LogP) is 1.45. The van der Waals surface area contributed by atoms with Crippen molar-refractivity contribution in [2.45, 2.75) is 6.04 Å². The molecule has 13 heteroatoms. The standard InChI is InChI=1S/C24H25N5O7S/c1-34-9-8-27-23(32)20(13-2-5-15(30)6-3-13)29(14-4-7-16-17(12-14)36-11-10-35-16)24(33)21-18(25)19(22(26)31)28-37-21/h2-7,12,20,30H,8-11,25H2,1H3,(H2,26,31)(H,27,32)/t20-/m1/s1. The number of ether oxygens (including phenoxy) is 3. The van der Waals surface area contributed by atoms with Gasteiger partial charge in [-0.2, -0.15) is 4.37 Å². The van der Waals surface area contributed by atoms with Gasteiger partial charge >= 0.3 is 0 Å². The van der Waals surface area contributed by atoms with Crippen LogP contribution in [0.25, 0.3) is 0 Å². The third kappa shape index (κ3) is 5.42.